The summed E-state index contributed by atoms with van der Waals surface area (Å²) < 4.78 is 42.0. The molecule has 0 spiro atoms. The third-order valence-electron chi connectivity index (χ3n) is 5.51. The van der Waals surface area contributed by atoms with Crippen molar-refractivity contribution in [2.75, 3.05) is 41.3 Å². The van der Waals surface area contributed by atoms with Crippen LogP contribution in [0.1, 0.15) is 27.9 Å². The minimum atomic E-state index is -3.87. The highest BCUT2D eigenvalue weighted by Crippen LogP contribution is 2.26. The molecule has 0 fully saturated rings. The van der Waals surface area contributed by atoms with Crippen LogP contribution in [0.3, 0.4) is 0 Å². The number of nitrogens with zero attached hydrogens (tertiary/aromatic N) is 5. The molecule has 0 bridgehead atoms. The lowest BCUT2D eigenvalue weighted by Gasteiger charge is -2.30. The van der Waals surface area contributed by atoms with Crippen LogP contribution in [-0.4, -0.2) is 83.8 Å². The lowest BCUT2D eigenvalue weighted by atomic mass is 10.2. The highest BCUT2D eigenvalue weighted by atomic mass is 32.2. The molecule has 1 aliphatic rings. The number of halogens is 1. The molecule has 11 nitrogen and oxygen atoms in total. The summed E-state index contributed by atoms with van der Waals surface area (Å²) in [5, 5.41) is 13.0. The Bertz CT molecular complexity index is 1200. The molecule has 0 saturated carbocycles. The van der Waals surface area contributed by atoms with Crippen molar-refractivity contribution in [3.05, 3.63) is 57.5 Å². The van der Waals surface area contributed by atoms with Gasteiger partial charge in [-0.2, -0.15) is 17.0 Å². The number of likely N-dealkylation sites (N-methyl/N-ethyl adjacent to an activating group) is 2. The molecule has 1 atom stereocenters. The van der Waals surface area contributed by atoms with Gasteiger partial charge in [0, 0.05) is 47.3 Å². The van der Waals surface area contributed by atoms with E-state index in [1.165, 1.54) is 50.0 Å². The molecule has 1 amide bonds. The summed E-state index contributed by atoms with van der Waals surface area (Å²) in [4.78, 5) is 31.8. The molecule has 1 aromatic carbocycles. The zero-order chi connectivity index (χ0) is 24.5. The highest BCUT2D eigenvalue weighted by Gasteiger charge is 2.36. The quantitative estimate of drug-likeness (QED) is 0.581. The number of carbonyl (C=O) groups is 1. The van der Waals surface area contributed by atoms with Crippen LogP contribution in [-0.2, 0) is 23.3 Å². The smallest absolute Gasteiger partial charge is 0.296 e. The summed E-state index contributed by atoms with van der Waals surface area (Å²) in [5.74, 6) is -2.00. The fraction of sp³-hybridized carbons (Fsp3) is 0.450. The van der Waals surface area contributed by atoms with Gasteiger partial charge in [0.25, 0.3) is 21.7 Å². The van der Waals surface area contributed by atoms with Gasteiger partial charge in [-0.15, -0.1) is 0 Å². The number of carbonyl (C=O) groups excluding carboxylic acids is 1. The molecule has 1 aromatic heterocycles. The third kappa shape index (κ3) is 5.05. The van der Waals surface area contributed by atoms with Crippen LogP contribution >= 0.6 is 0 Å². The van der Waals surface area contributed by atoms with E-state index in [1.807, 2.05) is 4.90 Å². The van der Waals surface area contributed by atoms with Gasteiger partial charge >= 0.3 is 0 Å². The SMILES string of the molecule is CN1CCn2c(nc(C(=O)NCc3ccc(F)cc3)c(O)c2=O)C(N(C)S(=O)(=O)N(C)C)C1. The van der Waals surface area contributed by atoms with Crippen molar-refractivity contribution in [3.63, 3.8) is 0 Å². The Morgan fingerprint density at radius 2 is 1.88 bits per heavy atom. The molecule has 1 aliphatic heterocycles. The van der Waals surface area contributed by atoms with Crippen LogP contribution in [0.15, 0.2) is 29.1 Å². The number of hydrogen-bond acceptors (Lipinski definition) is 7. The van der Waals surface area contributed by atoms with E-state index in [4.69, 9.17) is 0 Å². The Balaban J connectivity index is 2.01. The molecule has 13 heteroatoms. The summed E-state index contributed by atoms with van der Waals surface area (Å²) in [6.45, 7) is 0.808. The Morgan fingerprint density at radius 3 is 2.48 bits per heavy atom. The molecule has 0 aliphatic carbocycles. The summed E-state index contributed by atoms with van der Waals surface area (Å²) in [5.41, 5.74) is -0.728. The number of hydrogen-bond donors (Lipinski definition) is 2. The molecule has 0 saturated heterocycles. The summed E-state index contributed by atoms with van der Waals surface area (Å²) in [7, 11) is 2.05. The Kier molecular flexibility index (Phi) is 7.17. The topological polar surface area (TPSA) is 128 Å². The first kappa shape index (κ1) is 24.8. The second-order valence-electron chi connectivity index (χ2n) is 8.02. The monoisotopic (exact) mass is 482 g/mol. The predicted molar refractivity (Wildman–Crippen MR) is 118 cm³/mol. The zero-order valence-electron chi connectivity index (χ0n) is 18.8. The van der Waals surface area contributed by atoms with Crippen LogP contribution in [0.5, 0.6) is 5.75 Å². The fourth-order valence-electron chi connectivity index (χ4n) is 3.49. The van der Waals surface area contributed by atoms with Crippen LogP contribution in [0, 0.1) is 5.82 Å². The molecule has 0 radical (unpaired) electrons. The Morgan fingerprint density at radius 1 is 1.24 bits per heavy atom. The van der Waals surface area contributed by atoms with Crippen molar-refractivity contribution in [3.8, 4) is 5.75 Å². The normalized spacial score (nSPS) is 17.1. The minimum Gasteiger partial charge on any atom is -0.501 e. The van der Waals surface area contributed by atoms with Gasteiger partial charge in [0.2, 0.25) is 5.75 Å². The minimum absolute atomic E-state index is 0.0136. The number of aromatic hydroxyl groups is 1. The third-order valence-corrected chi connectivity index (χ3v) is 7.41. The van der Waals surface area contributed by atoms with E-state index in [0.717, 1.165) is 8.61 Å². The van der Waals surface area contributed by atoms with E-state index < -0.39 is 45.0 Å². The van der Waals surface area contributed by atoms with Crippen molar-refractivity contribution < 1.29 is 22.7 Å². The van der Waals surface area contributed by atoms with Crippen molar-refractivity contribution in [1.82, 2.24) is 28.4 Å². The molecule has 2 N–H and O–H groups in total. The summed E-state index contributed by atoms with van der Waals surface area (Å²) in [6, 6.07) is 4.58. The average Bonchev–Trinajstić information content (AvgIpc) is 2.93. The first-order valence-electron chi connectivity index (χ1n) is 10.1. The van der Waals surface area contributed by atoms with Gasteiger partial charge in [-0.05, 0) is 24.7 Å². The van der Waals surface area contributed by atoms with E-state index in [0.29, 0.717) is 12.1 Å². The van der Waals surface area contributed by atoms with E-state index in [9.17, 15) is 27.5 Å². The van der Waals surface area contributed by atoms with Crippen molar-refractivity contribution in [2.45, 2.75) is 19.1 Å². The van der Waals surface area contributed by atoms with Crippen molar-refractivity contribution >= 4 is 16.1 Å². The van der Waals surface area contributed by atoms with Crippen LogP contribution < -0.4 is 10.9 Å². The maximum atomic E-state index is 13.1. The van der Waals surface area contributed by atoms with E-state index >= 15 is 0 Å². The average molecular weight is 483 g/mol. The van der Waals surface area contributed by atoms with Crippen LogP contribution in [0.4, 0.5) is 4.39 Å². The predicted octanol–water partition coefficient (Wildman–Crippen LogP) is -0.257. The van der Waals surface area contributed by atoms with Gasteiger partial charge in [0.15, 0.2) is 5.69 Å². The first-order chi connectivity index (χ1) is 15.4. The number of amides is 1. The standard InChI is InChI=1S/C20H27FN6O5S/c1-24(2)33(31,32)26(4)15-12-25(3)9-10-27-18(15)23-16(17(28)20(27)30)19(29)22-11-13-5-7-14(21)8-6-13/h5-8,15,28H,9-12H2,1-4H3,(H,22,29). The van der Waals surface area contributed by atoms with Gasteiger partial charge in [0.1, 0.15) is 11.6 Å². The number of rotatable bonds is 6. The molecular formula is C20H27FN6O5S. The second kappa shape index (κ2) is 9.55. The molecule has 2 aromatic rings. The van der Waals surface area contributed by atoms with E-state index in [-0.39, 0.29) is 25.5 Å². The maximum Gasteiger partial charge on any atom is 0.296 e. The summed E-state index contributed by atoms with van der Waals surface area (Å²) >= 11 is 0. The second-order valence-corrected chi connectivity index (χ2v) is 10.2. The lowest BCUT2D eigenvalue weighted by Crippen LogP contribution is -2.44. The van der Waals surface area contributed by atoms with Gasteiger partial charge < -0.3 is 15.3 Å². The van der Waals surface area contributed by atoms with Crippen molar-refractivity contribution in [2.24, 2.45) is 0 Å². The number of benzene rings is 1. The van der Waals surface area contributed by atoms with E-state index in [1.54, 1.807) is 7.05 Å². The van der Waals surface area contributed by atoms with E-state index in [2.05, 4.69) is 10.3 Å². The van der Waals surface area contributed by atoms with Gasteiger partial charge in [-0.25, -0.2) is 9.37 Å². The molecular weight excluding hydrogens is 455 g/mol. The molecule has 180 valence electrons. The summed E-state index contributed by atoms with van der Waals surface area (Å²) in [6.07, 6.45) is 0. The molecule has 1 unspecified atom stereocenters. The highest BCUT2D eigenvalue weighted by molar-refractivity contribution is 7.86. The number of fused-ring (bicyclic) bond motifs is 1. The molecule has 33 heavy (non-hydrogen) atoms. The number of aromatic nitrogens is 2. The molecule has 3 rings (SSSR count). The zero-order valence-corrected chi connectivity index (χ0v) is 19.6. The molecule has 2 heterocycles. The fourth-order valence-corrected chi connectivity index (χ4v) is 4.49. The van der Waals surface area contributed by atoms with Crippen LogP contribution in [0.2, 0.25) is 0 Å². The largest absolute Gasteiger partial charge is 0.501 e. The van der Waals surface area contributed by atoms with Gasteiger partial charge in [-0.1, -0.05) is 12.1 Å². The lowest BCUT2D eigenvalue weighted by molar-refractivity contribution is 0.0941. The van der Waals surface area contributed by atoms with Crippen molar-refractivity contribution in [1.29, 1.82) is 0 Å². The Hall–Kier alpha value is -2.87. The number of nitrogens with one attached hydrogen (secondary N) is 1. The van der Waals surface area contributed by atoms with Gasteiger partial charge in [-0.3, -0.25) is 14.2 Å². The van der Waals surface area contributed by atoms with Crippen LogP contribution in [0.25, 0.3) is 0 Å². The first-order valence-corrected chi connectivity index (χ1v) is 11.5. The Labute approximate surface area is 191 Å². The maximum absolute atomic E-state index is 13.1. The van der Waals surface area contributed by atoms with Gasteiger partial charge in [0.05, 0.1) is 6.04 Å².